The van der Waals surface area contributed by atoms with Gasteiger partial charge in [0.25, 0.3) is 0 Å². The van der Waals surface area contributed by atoms with E-state index in [9.17, 15) is 9.18 Å². The molecule has 0 aliphatic rings. The molecule has 21 heavy (non-hydrogen) atoms. The number of hydrogen-bond donors (Lipinski definition) is 0. The van der Waals surface area contributed by atoms with Crippen LogP contribution in [0.15, 0.2) is 12.1 Å². The first-order chi connectivity index (χ1) is 9.51. The molecule has 0 atom stereocenters. The third kappa shape index (κ3) is 5.14. The molecule has 0 aliphatic carbocycles. The molecule has 0 spiro atoms. The van der Waals surface area contributed by atoms with Gasteiger partial charge in [-0.25, -0.2) is 4.39 Å². The zero-order valence-electron chi connectivity index (χ0n) is 14.2. The van der Waals surface area contributed by atoms with Gasteiger partial charge in [-0.15, -0.1) is 0 Å². The summed E-state index contributed by atoms with van der Waals surface area (Å²) in [5.41, 5.74) is 2.19. The molecule has 0 saturated heterocycles. The van der Waals surface area contributed by atoms with Crippen LogP contribution in [0.4, 0.5) is 4.39 Å². The average molecular weight is 294 g/mol. The number of benzene rings is 1. The Morgan fingerprint density at radius 1 is 1.10 bits per heavy atom. The summed E-state index contributed by atoms with van der Waals surface area (Å²) in [6.07, 6.45) is 0.193. The van der Waals surface area contributed by atoms with Crippen LogP contribution in [0.1, 0.15) is 77.0 Å². The molecule has 1 rings (SSSR count). The van der Waals surface area contributed by atoms with Crippen molar-refractivity contribution in [3.8, 4) is 0 Å². The molecule has 3 heteroatoms. The number of halogens is 1. The number of ether oxygens (including phenoxy) is 1. The van der Waals surface area contributed by atoms with Gasteiger partial charge in [-0.3, -0.25) is 4.79 Å². The van der Waals surface area contributed by atoms with Crippen LogP contribution in [0.5, 0.6) is 0 Å². The first kappa shape index (κ1) is 17.7. The second kappa shape index (κ2) is 6.59. The standard InChI is InChI=1S/C18H27FO2/c1-11(2)14-8-13(19)9-15(12(3)4)16(14)10-17(20)21-18(5,6)7/h8-9,11-12H,10H2,1-7H3. The van der Waals surface area contributed by atoms with E-state index < -0.39 is 5.60 Å². The van der Waals surface area contributed by atoms with E-state index in [2.05, 4.69) is 0 Å². The molecule has 0 radical (unpaired) electrons. The largest absolute Gasteiger partial charge is 0.460 e. The van der Waals surface area contributed by atoms with Crippen molar-refractivity contribution in [2.45, 2.75) is 72.3 Å². The molecular weight excluding hydrogens is 267 g/mol. The maximum Gasteiger partial charge on any atom is 0.310 e. The van der Waals surface area contributed by atoms with Crippen LogP contribution in [0.2, 0.25) is 0 Å². The minimum Gasteiger partial charge on any atom is -0.460 e. The normalized spacial score (nSPS) is 12.1. The zero-order chi connectivity index (χ0) is 16.4. The van der Waals surface area contributed by atoms with E-state index in [0.717, 1.165) is 16.7 Å². The molecule has 0 bridgehead atoms. The van der Waals surface area contributed by atoms with Gasteiger partial charge in [0.2, 0.25) is 0 Å². The van der Waals surface area contributed by atoms with E-state index in [0.29, 0.717) is 0 Å². The molecule has 0 aliphatic heterocycles. The van der Waals surface area contributed by atoms with Crippen LogP contribution in [0.3, 0.4) is 0 Å². The molecule has 1 aromatic rings. The SMILES string of the molecule is CC(C)c1cc(F)cc(C(C)C)c1CC(=O)OC(C)(C)C. The Bertz CT molecular complexity index is 481. The molecule has 1 aromatic carbocycles. The number of esters is 1. The second-order valence-electron chi connectivity index (χ2n) is 7.14. The maximum absolute atomic E-state index is 13.8. The number of hydrogen-bond acceptors (Lipinski definition) is 2. The topological polar surface area (TPSA) is 26.3 Å². The van der Waals surface area contributed by atoms with E-state index in [1.165, 1.54) is 12.1 Å². The minimum absolute atomic E-state index is 0.163. The fourth-order valence-electron chi connectivity index (χ4n) is 2.44. The Morgan fingerprint density at radius 2 is 1.52 bits per heavy atom. The summed E-state index contributed by atoms with van der Waals surface area (Å²) < 4.78 is 19.2. The van der Waals surface area contributed by atoms with Crippen molar-refractivity contribution < 1.29 is 13.9 Å². The highest BCUT2D eigenvalue weighted by Gasteiger charge is 2.22. The van der Waals surface area contributed by atoms with Gasteiger partial charge in [0.15, 0.2) is 0 Å². The summed E-state index contributed by atoms with van der Waals surface area (Å²) in [4.78, 5) is 12.1. The van der Waals surface area contributed by atoms with Crippen LogP contribution >= 0.6 is 0 Å². The van der Waals surface area contributed by atoms with E-state index in [1.807, 2.05) is 48.5 Å². The lowest BCUT2D eigenvalue weighted by atomic mass is 9.87. The smallest absolute Gasteiger partial charge is 0.310 e. The molecular formula is C18H27FO2. The number of carbonyl (C=O) groups excluding carboxylic acids is 1. The molecule has 0 amide bonds. The van der Waals surface area contributed by atoms with Crippen molar-refractivity contribution in [3.05, 3.63) is 34.6 Å². The fourth-order valence-corrected chi connectivity index (χ4v) is 2.44. The Labute approximate surface area is 127 Å². The summed E-state index contributed by atoms with van der Waals surface area (Å²) in [7, 11) is 0. The van der Waals surface area contributed by atoms with Crippen molar-refractivity contribution in [2.24, 2.45) is 0 Å². The molecule has 0 aromatic heterocycles. The van der Waals surface area contributed by atoms with E-state index in [4.69, 9.17) is 4.74 Å². The van der Waals surface area contributed by atoms with Gasteiger partial charge in [-0.1, -0.05) is 27.7 Å². The van der Waals surface area contributed by atoms with Gasteiger partial charge in [0.05, 0.1) is 6.42 Å². The third-order valence-corrected chi connectivity index (χ3v) is 3.27. The number of carbonyl (C=O) groups is 1. The highest BCUT2D eigenvalue weighted by atomic mass is 19.1. The van der Waals surface area contributed by atoms with Gasteiger partial charge in [0, 0.05) is 0 Å². The van der Waals surface area contributed by atoms with Gasteiger partial charge in [0.1, 0.15) is 11.4 Å². The summed E-state index contributed by atoms with van der Waals surface area (Å²) in [5.74, 6) is -0.181. The lowest BCUT2D eigenvalue weighted by Gasteiger charge is -2.23. The van der Waals surface area contributed by atoms with Crippen LogP contribution in [-0.4, -0.2) is 11.6 Å². The van der Waals surface area contributed by atoms with Crippen molar-refractivity contribution in [1.82, 2.24) is 0 Å². The fraction of sp³-hybridized carbons (Fsp3) is 0.611. The van der Waals surface area contributed by atoms with Crippen molar-refractivity contribution in [3.63, 3.8) is 0 Å². The quantitative estimate of drug-likeness (QED) is 0.734. The predicted octanol–water partition coefficient (Wildman–Crippen LogP) is 4.96. The highest BCUT2D eigenvalue weighted by molar-refractivity contribution is 5.74. The molecule has 0 fully saturated rings. The Balaban J connectivity index is 3.22. The van der Waals surface area contributed by atoms with E-state index in [1.54, 1.807) is 0 Å². The lowest BCUT2D eigenvalue weighted by molar-refractivity contribution is -0.153. The summed E-state index contributed by atoms with van der Waals surface area (Å²) >= 11 is 0. The maximum atomic E-state index is 13.8. The first-order valence-electron chi connectivity index (χ1n) is 7.55. The van der Waals surface area contributed by atoms with Crippen molar-refractivity contribution in [2.75, 3.05) is 0 Å². The Hall–Kier alpha value is -1.38. The summed E-state index contributed by atoms with van der Waals surface area (Å²) in [5, 5.41) is 0. The highest BCUT2D eigenvalue weighted by Crippen LogP contribution is 2.30. The van der Waals surface area contributed by atoms with Crippen LogP contribution in [0.25, 0.3) is 0 Å². The van der Waals surface area contributed by atoms with Gasteiger partial charge < -0.3 is 4.74 Å². The lowest BCUT2D eigenvalue weighted by Crippen LogP contribution is -2.25. The van der Waals surface area contributed by atoms with E-state index in [-0.39, 0.29) is 30.0 Å². The predicted molar refractivity (Wildman–Crippen MR) is 84.1 cm³/mol. The van der Waals surface area contributed by atoms with Crippen molar-refractivity contribution >= 4 is 5.97 Å². The number of rotatable bonds is 4. The first-order valence-corrected chi connectivity index (χ1v) is 7.55. The third-order valence-electron chi connectivity index (χ3n) is 3.27. The van der Waals surface area contributed by atoms with E-state index >= 15 is 0 Å². The minimum atomic E-state index is -0.507. The molecule has 0 unspecified atom stereocenters. The van der Waals surface area contributed by atoms with Crippen LogP contribution in [-0.2, 0) is 16.0 Å². The zero-order valence-corrected chi connectivity index (χ0v) is 14.2. The van der Waals surface area contributed by atoms with Gasteiger partial charge in [-0.05, 0) is 61.4 Å². The summed E-state index contributed by atoms with van der Waals surface area (Å²) in [6, 6.07) is 3.08. The second-order valence-corrected chi connectivity index (χ2v) is 7.14. The molecule has 0 heterocycles. The average Bonchev–Trinajstić information content (AvgIpc) is 2.27. The van der Waals surface area contributed by atoms with Gasteiger partial charge in [-0.2, -0.15) is 0 Å². The Kier molecular flexibility index (Phi) is 5.54. The molecule has 0 N–H and O–H groups in total. The van der Waals surface area contributed by atoms with Crippen molar-refractivity contribution in [1.29, 1.82) is 0 Å². The van der Waals surface area contributed by atoms with Gasteiger partial charge >= 0.3 is 5.97 Å². The molecule has 2 nitrogen and oxygen atoms in total. The van der Waals surface area contributed by atoms with Crippen LogP contribution in [0, 0.1) is 5.82 Å². The molecule has 0 saturated carbocycles. The Morgan fingerprint density at radius 3 is 1.86 bits per heavy atom. The molecule has 118 valence electrons. The summed E-state index contributed by atoms with van der Waals surface area (Å²) in [6.45, 7) is 13.6. The van der Waals surface area contributed by atoms with Crippen LogP contribution < -0.4 is 0 Å². The monoisotopic (exact) mass is 294 g/mol.